The van der Waals surface area contributed by atoms with E-state index in [-0.39, 0.29) is 0 Å². The first-order valence-electron chi connectivity index (χ1n) is 7.02. The lowest BCUT2D eigenvalue weighted by atomic mass is 10.1. The summed E-state index contributed by atoms with van der Waals surface area (Å²) in [5.74, 6) is 1.08. The second-order valence-corrected chi connectivity index (χ2v) is 5.37. The Hall–Kier alpha value is -2.66. The van der Waals surface area contributed by atoms with Gasteiger partial charge in [0.05, 0.1) is 13.3 Å². The molecule has 0 bridgehead atoms. The van der Waals surface area contributed by atoms with E-state index in [0.29, 0.717) is 22.4 Å². The number of methoxy groups -OCH3 is 1. The van der Waals surface area contributed by atoms with E-state index in [9.17, 15) is 0 Å². The number of benzene rings is 1. The average Bonchev–Trinajstić information content (AvgIpc) is 2.55. The molecule has 3 rings (SSSR count). The highest BCUT2D eigenvalue weighted by Gasteiger charge is 2.12. The van der Waals surface area contributed by atoms with Crippen molar-refractivity contribution in [3.63, 3.8) is 0 Å². The summed E-state index contributed by atoms with van der Waals surface area (Å²) in [4.78, 5) is 13.0. The number of nitrogens with zero attached hydrogens (tertiary/aromatic N) is 3. The van der Waals surface area contributed by atoms with E-state index < -0.39 is 0 Å². The number of pyridine rings is 1. The van der Waals surface area contributed by atoms with Crippen LogP contribution in [0.5, 0.6) is 5.75 Å². The molecule has 1 N–H and O–H groups in total. The summed E-state index contributed by atoms with van der Waals surface area (Å²) in [5, 5.41) is 3.79. The summed E-state index contributed by atoms with van der Waals surface area (Å²) in [6.45, 7) is 1.98. The molecule has 0 fully saturated rings. The van der Waals surface area contributed by atoms with Crippen LogP contribution in [0.4, 0.5) is 11.6 Å². The van der Waals surface area contributed by atoms with Gasteiger partial charge in [-0.2, -0.15) is 0 Å². The van der Waals surface area contributed by atoms with Crippen molar-refractivity contribution in [2.45, 2.75) is 6.92 Å². The first-order chi connectivity index (χ1) is 11.2. The van der Waals surface area contributed by atoms with Crippen LogP contribution in [0, 0.1) is 6.92 Å². The number of aryl methyl sites for hydroxylation is 1. The highest BCUT2D eigenvalue weighted by molar-refractivity contribution is 6.30. The number of nitrogens with one attached hydrogen (secondary N) is 1. The Kier molecular flexibility index (Phi) is 4.39. The monoisotopic (exact) mass is 326 g/mol. The Morgan fingerprint density at radius 2 is 2.04 bits per heavy atom. The molecular formula is C17H15ClN4O. The third-order valence-corrected chi connectivity index (χ3v) is 3.57. The summed E-state index contributed by atoms with van der Waals surface area (Å²) in [6, 6.07) is 9.29. The van der Waals surface area contributed by atoms with Gasteiger partial charge in [0, 0.05) is 28.7 Å². The van der Waals surface area contributed by atoms with E-state index in [1.807, 2.05) is 37.3 Å². The van der Waals surface area contributed by atoms with E-state index >= 15 is 0 Å². The third kappa shape index (κ3) is 3.40. The number of ether oxygens (including phenoxy) is 1. The Bertz CT molecular complexity index is 838. The van der Waals surface area contributed by atoms with Gasteiger partial charge >= 0.3 is 0 Å². The Balaban J connectivity index is 2.01. The van der Waals surface area contributed by atoms with Crippen LogP contribution in [0.3, 0.4) is 0 Å². The molecule has 0 radical (unpaired) electrons. The SMILES string of the molecule is COc1cnc(Nc2cccc(Cl)c2)nc1-c1ccncc1C. The van der Waals surface area contributed by atoms with Gasteiger partial charge in [0.15, 0.2) is 5.75 Å². The van der Waals surface area contributed by atoms with E-state index in [2.05, 4.69) is 20.3 Å². The van der Waals surface area contributed by atoms with Gasteiger partial charge in [0.2, 0.25) is 5.95 Å². The van der Waals surface area contributed by atoms with Gasteiger partial charge in [-0.05, 0) is 36.8 Å². The van der Waals surface area contributed by atoms with Crippen molar-refractivity contribution in [2.75, 3.05) is 12.4 Å². The summed E-state index contributed by atoms with van der Waals surface area (Å²) >= 11 is 6.00. The molecule has 1 aromatic carbocycles. The molecule has 0 unspecified atom stereocenters. The molecule has 0 aliphatic carbocycles. The summed E-state index contributed by atoms with van der Waals surface area (Å²) in [5.41, 5.74) is 3.50. The molecule has 2 aromatic heterocycles. The lowest BCUT2D eigenvalue weighted by Gasteiger charge is -2.12. The van der Waals surface area contributed by atoms with Crippen molar-refractivity contribution in [1.29, 1.82) is 0 Å². The third-order valence-electron chi connectivity index (χ3n) is 3.33. The molecule has 0 saturated heterocycles. The van der Waals surface area contributed by atoms with Crippen molar-refractivity contribution in [3.05, 3.63) is 59.5 Å². The number of aromatic nitrogens is 3. The van der Waals surface area contributed by atoms with Crippen LogP contribution in [0.2, 0.25) is 5.02 Å². The molecule has 0 atom stereocenters. The van der Waals surface area contributed by atoms with Crippen LogP contribution in [0.1, 0.15) is 5.56 Å². The molecule has 116 valence electrons. The predicted octanol–water partition coefficient (Wildman–Crippen LogP) is 4.25. The number of rotatable bonds is 4. The van der Waals surface area contributed by atoms with Crippen LogP contribution < -0.4 is 10.1 Å². The minimum Gasteiger partial charge on any atom is -0.493 e. The smallest absolute Gasteiger partial charge is 0.227 e. The molecule has 0 amide bonds. The van der Waals surface area contributed by atoms with Gasteiger partial charge in [0.25, 0.3) is 0 Å². The van der Waals surface area contributed by atoms with Crippen molar-refractivity contribution in [3.8, 4) is 17.0 Å². The van der Waals surface area contributed by atoms with Gasteiger partial charge in [-0.1, -0.05) is 17.7 Å². The van der Waals surface area contributed by atoms with Gasteiger partial charge in [-0.15, -0.1) is 0 Å². The van der Waals surface area contributed by atoms with Crippen molar-refractivity contribution >= 4 is 23.2 Å². The quantitative estimate of drug-likeness (QED) is 0.776. The Morgan fingerprint density at radius 1 is 1.17 bits per heavy atom. The molecule has 0 spiro atoms. The fraction of sp³-hybridized carbons (Fsp3) is 0.118. The normalized spacial score (nSPS) is 10.4. The number of halogens is 1. The first-order valence-corrected chi connectivity index (χ1v) is 7.40. The largest absolute Gasteiger partial charge is 0.493 e. The molecule has 6 heteroatoms. The molecular weight excluding hydrogens is 312 g/mol. The molecule has 2 heterocycles. The van der Waals surface area contributed by atoms with Crippen LogP contribution in [-0.2, 0) is 0 Å². The summed E-state index contributed by atoms with van der Waals surface area (Å²) < 4.78 is 5.38. The zero-order valence-electron chi connectivity index (χ0n) is 12.7. The Morgan fingerprint density at radius 3 is 2.78 bits per heavy atom. The Labute approximate surface area is 139 Å². The fourth-order valence-electron chi connectivity index (χ4n) is 2.21. The van der Waals surface area contributed by atoms with Crippen LogP contribution in [-0.4, -0.2) is 22.1 Å². The molecule has 0 saturated carbocycles. The van der Waals surface area contributed by atoms with Crippen molar-refractivity contribution in [1.82, 2.24) is 15.0 Å². The minimum absolute atomic E-state index is 0.472. The number of hydrogen-bond donors (Lipinski definition) is 1. The standard InChI is InChI=1S/C17H15ClN4O/c1-11-9-19-7-6-14(11)16-15(23-2)10-20-17(22-16)21-13-5-3-4-12(18)8-13/h3-10H,1-2H3,(H,20,21,22). The second kappa shape index (κ2) is 6.62. The van der Waals surface area contributed by atoms with Crippen LogP contribution in [0.15, 0.2) is 48.9 Å². The second-order valence-electron chi connectivity index (χ2n) is 4.94. The summed E-state index contributed by atoms with van der Waals surface area (Å²) in [7, 11) is 1.60. The first kappa shape index (κ1) is 15.2. The van der Waals surface area contributed by atoms with Gasteiger partial charge in [-0.25, -0.2) is 9.97 Å². The van der Waals surface area contributed by atoms with E-state index in [0.717, 1.165) is 16.8 Å². The molecule has 5 nitrogen and oxygen atoms in total. The summed E-state index contributed by atoms with van der Waals surface area (Å²) in [6.07, 6.45) is 5.17. The van der Waals surface area contributed by atoms with Gasteiger partial charge in [-0.3, -0.25) is 4.98 Å². The molecule has 0 aliphatic rings. The van der Waals surface area contributed by atoms with E-state index in [4.69, 9.17) is 16.3 Å². The molecule has 0 aliphatic heterocycles. The minimum atomic E-state index is 0.472. The maximum absolute atomic E-state index is 6.00. The lowest BCUT2D eigenvalue weighted by molar-refractivity contribution is 0.413. The maximum atomic E-state index is 6.00. The van der Waals surface area contributed by atoms with Gasteiger partial charge in [0.1, 0.15) is 5.69 Å². The fourth-order valence-corrected chi connectivity index (χ4v) is 2.40. The van der Waals surface area contributed by atoms with Crippen LogP contribution >= 0.6 is 11.6 Å². The molecule has 3 aromatic rings. The van der Waals surface area contributed by atoms with E-state index in [1.165, 1.54) is 0 Å². The van der Waals surface area contributed by atoms with E-state index in [1.54, 1.807) is 25.7 Å². The van der Waals surface area contributed by atoms with Crippen LogP contribution in [0.25, 0.3) is 11.3 Å². The number of hydrogen-bond acceptors (Lipinski definition) is 5. The topological polar surface area (TPSA) is 59.9 Å². The van der Waals surface area contributed by atoms with Gasteiger partial charge < -0.3 is 10.1 Å². The maximum Gasteiger partial charge on any atom is 0.227 e. The number of anilines is 2. The average molecular weight is 327 g/mol. The highest BCUT2D eigenvalue weighted by Crippen LogP contribution is 2.30. The predicted molar refractivity (Wildman–Crippen MR) is 91.3 cm³/mol. The van der Waals surface area contributed by atoms with Crippen molar-refractivity contribution in [2.24, 2.45) is 0 Å². The highest BCUT2D eigenvalue weighted by atomic mass is 35.5. The molecule has 23 heavy (non-hydrogen) atoms. The zero-order valence-corrected chi connectivity index (χ0v) is 13.5. The lowest BCUT2D eigenvalue weighted by Crippen LogP contribution is -2.01. The van der Waals surface area contributed by atoms with Crippen molar-refractivity contribution < 1.29 is 4.74 Å². The zero-order chi connectivity index (χ0) is 16.2.